The van der Waals surface area contributed by atoms with Gasteiger partial charge in [-0.05, 0) is 62.4 Å². The molecule has 0 amide bonds. The van der Waals surface area contributed by atoms with Crippen molar-refractivity contribution < 1.29 is 19.4 Å². The van der Waals surface area contributed by atoms with Crippen molar-refractivity contribution in [2.24, 2.45) is 4.99 Å². The van der Waals surface area contributed by atoms with Crippen LogP contribution >= 0.6 is 12.2 Å². The lowest BCUT2D eigenvalue weighted by Crippen LogP contribution is -2.41. The molecule has 0 bridgehead atoms. The van der Waals surface area contributed by atoms with E-state index in [1.807, 2.05) is 29.2 Å². The van der Waals surface area contributed by atoms with Crippen LogP contribution in [0.25, 0.3) is 0 Å². The highest BCUT2D eigenvalue weighted by atomic mass is 32.1. The number of benzene rings is 1. The molecule has 1 aromatic rings. The molecule has 1 aliphatic heterocycles. The molecule has 9 nitrogen and oxygen atoms in total. The summed E-state index contributed by atoms with van der Waals surface area (Å²) in [6.07, 6.45) is 1.79. The van der Waals surface area contributed by atoms with Gasteiger partial charge in [0.25, 0.3) is 6.47 Å². The third kappa shape index (κ3) is 10.9. The number of carboxylic acids is 1. The van der Waals surface area contributed by atoms with Gasteiger partial charge in [0.05, 0.1) is 17.4 Å². The third-order valence-electron chi connectivity index (χ3n) is 5.32. The van der Waals surface area contributed by atoms with Crippen molar-refractivity contribution in [3.63, 3.8) is 0 Å². The second kappa shape index (κ2) is 15.6. The van der Waals surface area contributed by atoms with Gasteiger partial charge in [-0.3, -0.25) is 24.3 Å². The summed E-state index contributed by atoms with van der Waals surface area (Å²) < 4.78 is 4.97. The van der Waals surface area contributed by atoms with E-state index in [1.165, 1.54) is 0 Å². The molecular weight excluding hydrogens is 430 g/mol. The average Bonchev–Trinajstić information content (AvgIpc) is 2.77. The first-order chi connectivity index (χ1) is 15.6. The summed E-state index contributed by atoms with van der Waals surface area (Å²) in [6, 6.07) is 7.89. The Labute approximate surface area is 195 Å². The number of aliphatic imine (C=N–C) groups is 1. The van der Waals surface area contributed by atoms with Crippen LogP contribution in [0.1, 0.15) is 18.4 Å². The molecule has 2 N–H and O–H groups in total. The highest BCUT2D eigenvalue weighted by Gasteiger charge is 2.14. The average molecular weight is 464 g/mol. The molecule has 0 atom stereocenters. The van der Waals surface area contributed by atoms with Crippen LogP contribution in [0.15, 0.2) is 29.3 Å². The highest BCUT2D eigenvalue weighted by molar-refractivity contribution is 7.78. The monoisotopic (exact) mass is 463 g/mol. The van der Waals surface area contributed by atoms with Crippen molar-refractivity contribution in [1.82, 2.24) is 20.0 Å². The summed E-state index contributed by atoms with van der Waals surface area (Å²) in [5.41, 5.74) is 1.93. The number of isothiocyanates is 1. The number of carbonyl (C=O) groups is 2. The smallest absolute Gasteiger partial charge is 0.317 e. The molecule has 176 valence electrons. The van der Waals surface area contributed by atoms with Crippen LogP contribution < -0.4 is 5.32 Å². The minimum atomic E-state index is -0.800. The molecule has 0 aromatic heterocycles. The van der Waals surface area contributed by atoms with Crippen LogP contribution in [0.2, 0.25) is 0 Å². The van der Waals surface area contributed by atoms with E-state index in [9.17, 15) is 14.7 Å². The Bertz CT molecular complexity index is 742. The van der Waals surface area contributed by atoms with Gasteiger partial charge < -0.3 is 15.2 Å². The largest absolute Gasteiger partial charge is 0.480 e. The number of carbonyl (C=O) groups excluding carboxylic acids is 1. The van der Waals surface area contributed by atoms with Crippen molar-refractivity contribution in [3.05, 3.63) is 29.8 Å². The van der Waals surface area contributed by atoms with Gasteiger partial charge in [0.1, 0.15) is 6.73 Å². The van der Waals surface area contributed by atoms with E-state index < -0.39 is 5.97 Å². The van der Waals surface area contributed by atoms with E-state index in [4.69, 9.17) is 4.74 Å². The SMILES string of the molecule is O=COCN1CCCN(Cc2ccc(N=C=S)cc2)CCN(CC(=O)O)CCCNCC1. The Morgan fingerprint density at radius 1 is 1.06 bits per heavy atom. The fourth-order valence-electron chi connectivity index (χ4n) is 3.69. The Morgan fingerprint density at radius 3 is 2.50 bits per heavy atom. The molecule has 0 saturated carbocycles. The molecule has 10 heteroatoms. The van der Waals surface area contributed by atoms with Gasteiger partial charge in [-0.15, -0.1) is 0 Å². The molecule has 1 heterocycles. The molecule has 1 aliphatic rings. The zero-order valence-corrected chi connectivity index (χ0v) is 19.3. The normalized spacial score (nSPS) is 18.2. The maximum atomic E-state index is 11.3. The number of nitrogens with zero attached hydrogens (tertiary/aromatic N) is 4. The number of ether oxygens (including phenoxy) is 1. The number of hydrogen-bond donors (Lipinski definition) is 2. The zero-order valence-electron chi connectivity index (χ0n) is 18.4. The second-order valence-electron chi connectivity index (χ2n) is 7.78. The predicted octanol–water partition coefficient (Wildman–Crippen LogP) is 1.43. The molecule has 2 rings (SSSR count). The van der Waals surface area contributed by atoms with Crippen LogP contribution in [0.3, 0.4) is 0 Å². The summed E-state index contributed by atoms with van der Waals surface area (Å²) in [7, 11) is 0. The van der Waals surface area contributed by atoms with Crippen LogP contribution in [-0.4, -0.2) is 103 Å². The first kappa shape index (κ1) is 26.1. The van der Waals surface area contributed by atoms with Gasteiger partial charge >= 0.3 is 5.97 Å². The van der Waals surface area contributed by atoms with E-state index >= 15 is 0 Å². The van der Waals surface area contributed by atoms with Crippen molar-refractivity contribution in [1.29, 1.82) is 0 Å². The Kier molecular flexibility index (Phi) is 12.7. The molecule has 0 aliphatic carbocycles. The molecule has 1 aromatic carbocycles. The molecule has 0 radical (unpaired) electrons. The lowest BCUT2D eigenvalue weighted by Gasteiger charge is -2.29. The lowest BCUT2D eigenvalue weighted by atomic mass is 10.2. The van der Waals surface area contributed by atoms with Gasteiger partial charge in [0.2, 0.25) is 0 Å². The van der Waals surface area contributed by atoms with Gasteiger partial charge in [-0.25, -0.2) is 0 Å². The van der Waals surface area contributed by atoms with Crippen molar-refractivity contribution >= 4 is 35.5 Å². The summed E-state index contributed by atoms with van der Waals surface area (Å²) in [5.74, 6) is -0.800. The molecule has 1 saturated heterocycles. The number of rotatable bonds is 8. The van der Waals surface area contributed by atoms with Crippen LogP contribution in [-0.2, 0) is 20.9 Å². The minimum Gasteiger partial charge on any atom is -0.480 e. The topological polar surface area (TPSA) is 97.7 Å². The lowest BCUT2D eigenvalue weighted by molar-refractivity contribution is -0.138. The van der Waals surface area contributed by atoms with Gasteiger partial charge in [0, 0.05) is 39.3 Å². The predicted molar refractivity (Wildman–Crippen MR) is 126 cm³/mol. The number of hydrogen-bond acceptors (Lipinski definition) is 9. The van der Waals surface area contributed by atoms with E-state index in [1.54, 1.807) is 0 Å². The van der Waals surface area contributed by atoms with Crippen LogP contribution in [0, 0.1) is 0 Å². The summed E-state index contributed by atoms with van der Waals surface area (Å²) in [6.45, 7) is 7.84. The van der Waals surface area contributed by atoms with Gasteiger partial charge in [-0.1, -0.05) is 12.1 Å². The summed E-state index contributed by atoms with van der Waals surface area (Å²) in [4.78, 5) is 32.4. The van der Waals surface area contributed by atoms with Crippen LogP contribution in [0.4, 0.5) is 5.69 Å². The zero-order chi connectivity index (χ0) is 23.0. The van der Waals surface area contributed by atoms with Crippen molar-refractivity contribution in [3.8, 4) is 0 Å². The molecule has 1 fully saturated rings. The standard InChI is InChI=1S/C22H33N5O4S/c28-19-31-18-27-11-2-10-25(15-20-3-5-21(6-4-20)24-17-32)13-14-26(16-22(29)30)9-1-7-23-8-12-27/h3-6,19,23H,1-2,7-16,18H2,(H,29,30). The summed E-state index contributed by atoms with van der Waals surface area (Å²) in [5, 5.41) is 15.0. The number of aliphatic carboxylic acids is 1. The molecule has 0 spiro atoms. The van der Waals surface area contributed by atoms with E-state index in [2.05, 4.69) is 37.5 Å². The number of carboxylic acid groups (broad SMARTS) is 1. The van der Waals surface area contributed by atoms with E-state index in [0.29, 0.717) is 19.7 Å². The second-order valence-corrected chi connectivity index (χ2v) is 7.97. The Balaban J connectivity index is 2.04. The van der Waals surface area contributed by atoms with Gasteiger partial charge in [-0.2, -0.15) is 4.99 Å². The molecular formula is C22H33N5O4S. The van der Waals surface area contributed by atoms with Crippen LogP contribution in [0.5, 0.6) is 0 Å². The van der Waals surface area contributed by atoms with Crippen molar-refractivity contribution in [2.45, 2.75) is 19.4 Å². The molecule has 32 heavy (non-hydrogen) atoms. The Hall–Kier alpha value is -2.20. The van der Waals surface area contributed by atoms with Crippen molar-refractivity contribution in [2.75, 3.05) is 65.6 Å². The maximum absolute atomic E-state index is 11.3. The number of thiocarbonyl (C=S) groups is 1. The maximum Gasteiger partial charge on any atom is 0.317 e. The molecule has 0 unspecified atom stereocenters. The Morgan fingerprint density at radius 2 is 1.78 bits per heavy atom. The van der Waals surface area contributed by atoms with E-state index in [-0.39, 0.29) is 6.54 Å². The first-order valence-electron chi connectivity index (χ1n) is 10.9. The summed E-state index contributed by atoms with van der Waals surface area (Å²) >= 11 is 4.66. The number of nitrogens with one attached hydrogen (secondary N) is 1. The first-order valence-corrected chi connectivity index (χ1v) is 11.3. The fraction of sp³-hybridized carbons (Fsp3) is 0.591. The minimum absolute atomic E-state index is 0.0505. The third-order valence-corrected chi connectivity index (χ3v) is 5.41. The highest BCUT2D eigenvalue weighted by Crippen LogP contribution is 2.14. The quantitative estimate of drug-likeness (QED) is 0.337. The van der Waals surface area contributed by atoms with E-state index in [0.717, 1.165) is 76.5 Å². The fourth-order valence-corrected chi connectivity index (χ4v) is 3.79. The van der Waals surface area contributed by atoms with Gasteiger partial charge in [0.15, 0.2) is 0 Å².